The molecule has 0 aromatic heterocycles. The molecule has 2 aliphatic rings. The van der Waals surface area contributed by atoms with Gasteiger partial charge in [-0.1, -0.05) is 6.07 Å². The Morgan fingerprint density at radius 2 is 2.11 bits per heavy atom. The van der Waals surface area contributed by atoms with Crippen LogP contribution in [0.2, 0.25) is 0 Å². The fourth-order valence-corrected chi connectivity index (χ4v) is 5.82. The number of thioether (sulfide) groups is 1. The maximum atomic E-state index is 12.3. The van der Waals surface area contributed by atoms with Gasteiger partial charge in [-0.15, -0.1) is 0 Å². The third-order valence-electron chi connectivity index (χ3n) is 5.10. The molecule has 2 aliphatic heterocycles. The third-order valence-corrected chi connectivity index (χ3v) is 7.50. The summed E-state index contributed by atoms with van der Waals surface area (Å²) >= 11 is 1.75. The number of nitrogens with one attached hydrogen (secondary N) is 2. The lowest BCUT2D eigenvalue weighted by atomic mass is 10.0. The molecule has 1 fully saturated rings. The first kappa shape index (κ1) is 20.9. The van der Waals surface area contributed by atoms with Crippen LogP contribution in [0.25, 0.3) is 0 Å². The summed E-state index contributed by atoms with van der Waals surface area (Å²) in [5.74, 6) is 0.198. The van der Waals surface area contributed by atoms with Gasteiger partial charge in [-0.25, -0.2) is 8.42 Å². The Morgan fingerprint density at radius 1 is 1.32 bits per heavy atom. The van der Waals surface area contributed by atoms with Crippen molar-refractivity contribution in [1.82, 2.24) is 5.32 Å². The first-order chi connectivity index (χ1) is 13.2. The fraction of sp³-hybridized carbons (Fsp3) is 0.556. The van der Waals surface area contributed by atoms with E-state index in [1.54, 1.807) is 37.1 Å². The summed E-state index contributed by atoms with van der Waals surface area (Å²) in [5.41, 5.74) is 1.41. The number of hydrogen-bond donors (Lipinski definition) is 2. The molecule has 0 aliphatic carbocycles. The summed E-state index contributed by atoms with van der Waals surface area (Å²) in [7, 11) is -1.79. The molecule has 10 heteroatoms. The SMILES string of the molecule is COC1(CNC(=O)C(=O)Nc2ccc3c(c2)N(S(C)(=O)=O)CCC3)CCSC1. The number of amides is 2. The molecule has 2 amide bonds. The molecule has 154 valence electrons. The number of ether oxygens (including phenoxy) is 1. The average molecular weight is 428 g/mol. The van der Waals surface area contributed by atoms with Gasteiger partial charge in [-0.3, -0.25) is 13.9 Å². The van der Waals surface area contributed by atoms with E-state index in [4.69, 9.17) is 4.74 Å². The number of carbonyl (C=O) groups is 2. The van der Waals surface area contributed by atoms with Crippen molar-refractivity contribution in [3.8, 4) is 0 Å². The molecule has 0 bridgehead atoms. The number of rotatable bonds is 5. The largest absolute Gasteiger partial charge is 0.376 e. The number of carbonyl (C=O) groups excluding carboxylic acids is 2. The summed E-state index contributed by atoms with van der Waals surface area (Å²) in [6, 6.07) is 5.07. The van der Waals surface area contributed by atoms with E-state index in [1.807, 2.05) is 0 Å². The molecule has 0 spiro atoms. The second kappa shape index (κ2) is 8.30. The number of aryl methyl sites for hydroxylation is 1. The third kappa shape index (κ3) is 4.61. The van der Waals surface area contributed by atoms with Crippen LogP contribution in [0.1, 0.15) is 18.4 Å². The number of fused-ring (bicyclic) bond motifs is 1. The van der Waals surface area contributed by atoms with E-state index in [-0.39, 0.29) is 6.54 Å². The van der Waals surface area contributed by atoms with Gasteiger partial charge in [0, 0.05) is 31.6 Å². The Kier molecular flexibility index (Phi) is 6.21. The normalized spacial score (nSPS) is 21.9. The lowest BCUT2D eigenvalue weighted by Crippen LogP contribution is -2.47. The second-order valence-electron chi connectivity index (χ2n) is 7.11. The Balaban J connectivity index is 1.66. The fourth-order valence-electron chi connectivity index (χ4n) is 3.43. The summed E-state index contributed by atoms with van der Waals surface area (Å²) in [6.45, 7) is 0.676. The molecule has 0 radical (unpaired) electrons. The van der Waals surface area contributed by atoms with E-state index in [0.717, 1.165) is 42.6 Å². The number of anilines is 2. The van der Waals surface area contributed by atoms with Crippen LogP contribution in [0.5, 0.6) is 0 Å². The number of nitrogens with zero attached hydrogens (tertiary/aromatic N) is 1. The van der Waals surface area contributed by atoms with Gasteiger partial charge in [0.1, 0.15) is 0 Å². The monoisotopic (exact) mass is 427 g/mol. The van der Waals surface area contributed by atoms with Crippen molar-refractivity contribution in [1.29, 1.82) is 0 Å². The molecule has 3 rings (SSSR count). The van der Waals surface area contributed by atoms with Crippen LogP contribution >= 0.6 is 11.8 Å². The van der Waals surface area contributed by atoms with Crippen molar-refractivity contribution in [2.24, 2.45) is 0 Å². The van der Waals surface area contributed by atoms with Gasteiger partial charge in [0.05, 0.1) is 17.5 Å². The predicted molar refractivity (Wildman–Crippen MR) is 110 cm³/mol. The smallest absolute Gasteiger partial charge is 0.313 e. The maximum Gasteiger partial charge on any atom is 0.313 e. The summed E-state index contributed by atoms with van der Waals surface area (Å²) in [5, 5.41) is 5.19. The van der Waals surface area contributed by atoms with Gasteiger partial charge < -0.3 is 15.4 Å². The summed E-state index contributed by atoms with van der Waals surface area (Å²) in [4.78, 5) is 24.4. The molecular formula is C18H25N3O5S2. The number of sulfonamides is 1. The number of benzene rings is 1. The molecule has 1 saturated heterocycles. The molecule has 1 unspecified atom stereocenters. The van der Waals surface area contributed by atoms with Crippen molar-refractivity contribution in [2.75, 3.05) is 47.6 Å². The van der Waals surface area contributed by atoms with E-state index >= 15 is 0 Å². The summed E-state index contributed by atoms with van der Waals surface area (Å²) < 4.78 is 30.9. The van der Waals surface area contributed by atoms with E-state index in [0.29, 0.717) is 17.9 Å². The highest BCUT2D eigenvalue weighted by atomic mass is 32.2. The minimum absolute atomic E-state index is 0.273. The van der Waals surface area contributed by atoms with E-state index in [1.165, 1.54) is 4.31 Å². The van der Waals surface area contributed by atoms with E-state index in [2.05, 4.69) is 10.6 Å². The first-order valence-electron chi connectivity index (χ1n) is 9.07. The van der Waals surface area contributed by atoms with Crippen molar-refractivity contribution >= 4 is 45.0 Å². The standard InChI is InChI=1S/C18H25N3O5S2/c1-26-18(7-9-27-12-18)11-19-16(22)17(23)20-14-6-5-13-4-3-8-21(15(13)10-14)28(2,24)25/h5-6,10H,3-4,7-9,11-12H2,1-2H3,(H,19,22)(H,20,23). The van der Waals surface area contributed by atoms with Crippen molar-refractivity contribution in [3.63, 3.8) is 0 Å². The Labute approximate surface area is 169 Å². The zero-order chi connectivity index (χ0) is 20.4. The minimum atomic E-state index is -3.40. The number of hydrogen-bond acceptors (Lipinski definition) is 6. The highest BCUT2D eigenvalue weighted by molar-refractivity contribution is 7.99. The van der Waals surface area contributed by atoms with Crippen LogP contribution < -0.4 is 14.9 Å². The molecule has 2 N–H and O–H groups in total. The minimum Gasteiger partial charge on any atom is -0.376 e. The number of methoxy groups -OCH3 is 1. The molecule has 1 atom stereocenters. The van der Waals surface area contributed by atoms with Crippen LogP contribution in [0.3, 0.4) is 0 Å². The topological polar surface area (TPSA) is 105 Å². The molecule has 0 saturated carbocycles. The highest BCUT2D eigenvalue weighted by Gasteiger charge is 2.35. The van der Waals surface area contributed by atoms with Crippen molar-refractivity contribution in [2.45, 2.75) is 24.9 Å². The van der Waals surface area contributed by atoms with Gasteiger partial charge in [-0.2, -0.15) is 11.8 Å². The summed E-state index contributed by atoms with van der Waals surface area (Å²) in [6.07, 6.45) is 3.50. The lowest BCUT2D eigenvalue weighted by molar-refractivity contribution is -0.136. The molecular weight excluding hydrogens is 402 g/mol. The van der Waals surface area contributed by atoms with Gasteiger partial charge in [0.25, 0.3) is 0 Å². The molecule has 28 heavy (non-hydrogen) atoms. The second-order valence-corrected chi connectivity index (χ2v) is 10.1. The van der Waals surface area contributed by atoms with Gasteiger partial charge in [0.15, 0.2) is 0 Å². The van der Waals surface area contributed by atoms with Crippen LogP contribution in [-0.2, 0) is 30.8 Å². The molecule has 1 aromatic rings. The Hall–Kier alpha value is -1.78. The van der Waals surface area contributed by atoms with Gasteiger partial charge in [-0.05, 0) is 42.7 Å². The van der Waals surface area contributed by atoms with Crippen LogP contribution in [0.15, 0.2) is 18.2 Å². The predicted octanol–water partition coefficient (Wildman–Crippen LogP) is 0.976. The molecule has 8 nitrogen and oxygen atoms in total. The van der Waals surface area contributed by atoms with E-state index in [9.17, 15) is 18.0 Å². The molecule has 1 aromatic carbocycles. The first-order valence-corrected chi connectivity index (χ1v) is 12.1. The lowest BCUT2D eigenvalue weighted by Gasteiger charge is -2.29. The maximum absolute atomic E-state index is 12.3. The van der Waals surface area contributed by atoms with E-state index < -0.39 is 27.4 Å². The van der Waals surface area contributed by atoms with Crippen molar-refractivity contribution < 1.29 is 22.7 Å². The zero-order valence-corrected chi connectivity index (χ0v) is 17.6. The van der Waals surface area contributed by atoms with Gasteiger partial charge >= 0.3 is 11.8 Å². The van der Waals surface area contributed by atoms with Crippen LogP contribution in [-0.4, -0.2) is 63.8 Å². The quantitative estimate of drug-likeness (QED) is 0.679. The zero-order valence-electron chi connectivity index (χ0n) is 16.0. The molecule has 2 heterocycles. The van der Waals surface area contributed by atoms with Crippen LogP contribution in [0, 0.1) is 0 Å². The Bertz CT molecular complexity index is 866. The van der Waals surface area contributed by atoms with Crippen molar-refractivity contribution in [3.05, 3.63) is 23.8 Å². The highest BCUT2D eigenvalue weighted by Crippen LogP contribution is 2.32. The average Bonchev–Trinajstić information content (AvgIpc) is 3.14. The van der Waals surface area contributed by atoms with Gasteiger partial charge in [0.2, 0.25) is 10.0 Å². The Morgan fingerprint density at radius 3 is 2.75 bits per heavy atom. The van der Waals surface area contributed by atoms with Crippen LogP contribution in [0.4, 0.5) is 11.4 Å².